The minimum absolute atomic E-state index is 0.168. The Labute approximate surface area is 123 Å². The number of nitrogens with one attached hydrogen (secondary N) is 3. The maximum absolute atomic E-state index is 11.6. The predicted molar refractivity (Wildman–Crippen MR) is 83.9 cm³/mol. The highest BCUT2D eigenvalue weighted by Crippen LogP contribution is 2.19. The lowest BCUT2D eigenvalue weighted by molar-refractivity contribution is 0.251. The minimum Gasteiger partial charge on any atom is -0.340 e. The van der Waals surface area contributed by atoms with Gasteiger partial charge in [0.25, 0.3) is 0 Å². The third-order valence-corrected chi connectivity index (χ3v) is 3.26. The van der Waals surface area contributed by atoms with Crippen molar-refractivity contribution in [2.75, 3.05) is 10.6 Å². The molecule has 1 aromatic heterocycles. The summed E-state index contributed by atoms with van der Waals surface area (Å²) >= 11 is 0. The minimum atomic E-state index is -0.168. The zero-order valence-electron chi connectivity index (χ0n) is 11.9. The fourth-order valence-corrected chi connectivity index (χ4v) is 1.91. The molecule has 3 rings (SSSR count). The van der Waals surface area contributed by atoms with E-state index in [0.717, 1.165) is 24.3 Å². The Hall–Kier alpha value is -2.56. The number of aryl methyl sites for hydroxylation is 1. The summed E-state index contributed by atoms with van der Waals surface area (Å²) in [5.41, 5.74) is 2.89. The number of benzene rings is 1. The maximum Gasteiger partial charge on any atom is 0.319 e. The number of pyridine rings is 1. The Morgan fingerprint density at radius 1 is 1.10 bits per heavy atom. The number of carbonyl (C=O) groups excluding carboxylic acids is 1. The SMILES string of the molecule is Cc1ccc(Nc2ccc(NC(=O)NC3CC3)cn2)cc1. The molecule has 5 heteroatoms. The quantitative estimate of drug-likeness (QED) is 0.805. The molecule has 1 heterocycles. The Morgan fingerprint density at radius 2 is 1.81 bits per heavy atom. The predicted octanol–water partition coefficient (Wildman–Crippen LogP) is 3.42. The van der Waals surface area contributed by atoms with E-state index in [1.165, 1.54) is 5.56 Å². The van der Waals surface area contributed by atoms with Crippen LogP contribution in [0, 0.1) is 6.92 Å². The Kier molecular flexibility index (Phi) is 3.73. The Bertz CT molecular complexity index is 618. The summed E-state index contributed by atoms with van der Waals surface area (Å²) in [6, 6.07) is 11.9. The van der Waals surface area contributed by atoms with E-state index in [1.807, 2.05) is 36.4 Å². The largest absolute Gasteiger partial charge is 0.340 e. The molecule has 1 fully saturated rings. The van der Waals surface area contributed by atoms with E-state index in [2.05, 4.69) is 27.9 Å². The van der Waals surface area contributed by atoms with Crippen molar-refractivity contribution in [2.24, 2.45) is 0 Å². The van der Waals surface area contributed by atoms with E-state index >= 15 is 0 Å². The number of hydrogen-bond donors (Lipinski definition) is 3. The van der Waals surface area contributed by atoms with Gasteiger partial charge in [-0.15, -0.1) is 0 Å². The molecule has 1 aromatic carbocycles. The molecule has 0 unspecified atom stereocenters. The van der Waals surface area contributed by atoms with E-state index in [-0.39, 0.29) is 6.03 Å². The average Bonchev–Trinajstić information content (AvgIpc) is 3.27. The highest BCUT2D eigenvalue weighted by molar-refractivity contribution is 5.89. The molecule has 2 aromatic rings. The summed E-state index contributed by atoms with van der Waals surface area (Å²) in [4.78, 5) is 15.9. The van der Waals surface area contributed by atoms with Crippen molar-refractivity contribution in [1.29, 1.82) is 0 Å². The Balaban J connectivity index is 1.58. The molecule has 1 saturated carbocycles. The van der Waals surface area contributed by atoms with Crippen LogP contribution in [-0.4, -0.2) is 17.1 Å². The molecule has 3 N–H and O–H groups in total. The molecule has 0 aliphatic heterocycles. The number of aromatic nitrogens is 1. The number of carbonyl (C=O) groups is 1. The normalized spacial score (nSPS) is 13.6. The standard InChI is InChI=1S/C16H18N4O/c1-11-2-4-12(5-3-11)18-15-9-8-14(10-17-15)20-16(21)19-13-6-7-13/h2-5,8-10,13H,6-7H2,1H3,(H,17,18)(H2,19,20,21). The second-order valence-corrected chi connectivity index (χ2v) is 5.30. The highest BCUT2D eigenvalue weighted by atomic mass is 16.2. The first-order valence-corrected chi connectivity index (χ1v) is 7.06. The summed E-state index contributed by atoms with van der Waals surface area (Å²) < 4.78 is 0. The van der Waals surface area contributed by atoms with Gasteiger partial charge < -0.3 is 16.0 Å². The van der Waals surface area contributed by atoms with Crippen molar-refractivity contribution in [3.8, 4) is 0 Å². The Morgan fingerprint density at radius 3 is 2.43 bits per heavy atom. The molecular weight excluding hydrogens is 264 g/mol. The van der Waals surface area contributed by atoms with Gasteiger partial charge in [-0.2, -0.15) is 0 Å². The van der Waals surface area contributed by atoms with Crippen LogP contribution in [-0.2, 0) is 0 Å². The first-order chi connectivity index (χ1) is 10.2. The van der Waals surface area contributed by atoms with E-state index in [1.54, 1.807) is 6.20 Å². The van der Waals surface area contributed by atoms with Gasteiger partial charge in [0.05, 0.1) is 11.9 Å². The molecule has 108 valence electrons. The molecule has 21 heavy (non-hydrogen) atoms. The van der Waals surface area contributed by atoms with Crippen molar-refractivity contribution in [2.45, 2.75) is 25.8 Å². The molecule has 0 atom stereocenters. The van der Waals surface area contributed by atoms with E-state index in [9.17, 15) is 4.79 Å². The number of rotatable bonds is 4. The van der Waals surface area contributed by atoms with Crippen molar-refractivity contribution in [3.05, 3.63) is 48.2 Å². The summed E-state index contributed by atoms with van der Waals surface area (Å²) in [7, 11) is 0. The summed E-state index contributed by atoms with van der Waals surface area (Å²) in [6.07, 6.45) is 3.79. The fourth-order valence-electron chi connectivity index (χ4n) is 1.91. The van der Waals surface area contributed by atoms with Crippen molar-refractivity contribution < 1.29 is 4.79 Å². The second kappa shape index (κ2) is 5.83. The van der Waals surface area contributed by atoms with Gasteiger partial charge in [0.2, 0.25) is 0 Å². The number of hydrogen-bond acceptors (Lipinski definition) is 3. The topological polar surface area (TPSA) is 66.0 Å². The third-order valence-electron chi connectivity index (χ3n) is 3.26. The van der Waals surface area contributed by atoms with Crippen LogP contribution in [0.2, 0.25) is 0 Å². The molecule has 2 amide bonds. The van der Waals surface area contributed by atoms with Crippen LogP contribution in [0.5, 0.6) is 0 Å². The third kappa shape index (κ3) is 3.95. The van der Waals surface area contributed by atoms with Crippen molar-refractivity contribution >= 4 is 23.2 Å². The smallest absolute Gasteiger partial charge is 0.319 e. The van der Waals surface area contributed by atoms with Gasteiger partial charge >= 0.3 is 6.03 Å². The molecule has 1 aliphatic rings. The van der Waals surface area contributed by atoms with Crippen molar-refractivity contribution in [1.82, 2.24) is 10.3 Å². The van der Waals surface area contributed by atoms with Crippen LogP contribution in [0.15, 0.2) is 42.6 Å². The van der Waals surface area contributed by atoms with Crippen LogP contribution >= 0.6 is 0 Å². The van der Waals surface area contributed by atoms with Gasteiger partial charge in [0.1, 0.15) is 5.82 Å². The number of nitrogens with zero attached hydrogens (tertiary/aromatic N) is 1. The van der Waals surface area contributed by atoms with E-state index in [0.29, 0.717) is 11.7 Å². The molecule has 0 saturated heterocycles. The summed E-state index contributed by atoms with van der Waals surface area (Å²) in [5, 5.41) is 8.85. The number of urea groups is 1. The maximum atomic E-state index is 11.6. The highest BCUT2D eigenvalue weighted by Gasteiger charge is 2.23. The van der Waals surface area contributed by atoms with Gasteiger partial charge in [0, 0.05) is 11.7 Å². The lowest BCUT2D eigenvalue weighted by Gasteiger charge is -2.08. The lowest BCUT2D eigenvalue weighted by atomic mass is 10.2. The number of amides is 2. The van der Waals surface area contributed by atoms with Crippen LogP contribution in [0.4, 0.5) is 22.0 Å². The second-order valence-electron chi connectivity index (χ2n) is 5.30. The van der Waals surface area contributed by atoms with Crippen molar-refractivity contribution in [3.63, 3.8) is 0 Å². The molecular formula is C16H18N4O. The zero-order valence-corrected chi connectivity index (χ0v) is 11.9. The van der Waals surface area contributed by atoms with Crippen LogP contribution in [0.1, 0.15) is 18.4 Å². The van der Waals surface area contributed by atoms with Gasteiger partial charge in [-0.1, -0.05) is 17.7 Å². The molecule has 1 aliphatic carbocycles. The van der Waals surface area contributed by atoms with Crippen LogP contribution in [0.3, 0.4) is 0 Å². The van der Waals surface area contributed by atoms with Gasteiger partial charge in [-0.25, -0.2) is 9.78 Å². The zero-order chi connectivity index (χ0) is 14.7. The first-order valence-electron chi connectivity index (χ1n) is 7.06. The first kappa shape index (κ1) is 13.4. The molecule has 5 nitrogen and oxygen atoms in total. The molecule has 0 radical (unpaired) electrons. The summed E-state index contributed by atoms with van der Waals surface area (Å²) in [6.45, 7) is 2.05. The summed E-state index contributed by atoms with van der Waals surface area (Å²) in [5.74, 6) is 0.743. The van der Waals surface area contributed by atoms with E-state index < -0.39 is 0 Å². The lowest BCUT2D eigenvalue weighted by Crippen LogP contribution is -2.30. The average molecular weight is 282 g/mol. The van der Waals surface area contributed by atoms with Crippen LogP contribution in [0.25, 0.3) is 0 Å². The van der Waals surface area contributed by atoms with E-state index in [4.69, 9.17) is 0 Å². The number of anilines is 3. The molecule has 0 spiro atoms. The van der Waals surface area contributed by atoms with Gasteiger partial charge in [-0.05, 0) is 44.0 Å². The van der Waals surface area contributed by atoms with Crippen LogP contribution < -0.4 is 16.0 Å². The van der Waals surface area contributed by atoms with Gasteiger partial charge in [-0.3, -0.25) is 0 Å². The molecule has 0 bridgehead atoms. The van der Waals surface area contributed by atoms with Gasteiger partial charge in [0.15, 0.2) is 0 Å². The monoisotopic (exact) mass is 282 g/mol. The fraction of sp³-hybridized carbons (Fsp3) is 0.250.